The van der Waals surface area contributed by atoms with Crippen molar-refractivity contribution in [2.75, 3.05) is 6.61 Å². The molecule has 7 heteroatoms. The average Bonchev–Trinajstić information content (AvgIpc) is 2.46. The smallest absolute Gasteiger partial charge is 0.354 e. The number of carbonyl (C=O) groups is 1. The van der Waals surface area contributed by atoms with Crippen LogP contribution in [-0.4, -0.2) is 27.5 Å². The second-order valence-electron chi connectivity index (χ2n) is 2.60. The van der Waals surface area contributed by atoms with Crippen molar-refractivity contribution in [1.82, 2.24) is 9.78 Å². The average molecular weight is 251 g/mol. The van der Waals surface area contributed by atoms with Gasteiger partial charge in [-0.15, -0.1) is 5.10 Å². The fourth-order valence-corrected chi connectivity index (χ4v) is 1.03. The van der Waals surface area contributed by atoms with Gasteiger partial charge in [-0.05, 0) is 6.08 Å². The number of aryl methyl sites for hydroxylation is 1. The lowest BCUT2D eigenvalue weighted by atomic mass is 10.4. The van der Waals surface area contributed by atoms with Crippen LogP contribution in [0.3, 0.4) is 0 Å². The largest absolute Gasteiger partial charge is 0.477 e. The molecular formula is C8H8Cl2N2O3. The molecule has 1 rings (SSSR count). The minimum Gasteiger partial charge on any atom is -0.477 e. The molecule has 0 unspecified atom stereocenters. The zero-order chi connectivity index (χ0) is 11.4. The lowest BCUT2D eigenvalue weighted by molar-refractivity contribution is 0.0685. The van der Waals surface area contributed by atoms with Crippen molar-refractivity contribution in [3.8, 4) is 5.88 Å². The van der Waals surface area contributed by atoms with Crippen LogP contribution in [0.25, 0.3) is 0 Å². The van der Waals surface area contributed by atoms with Crippen molar-refractivity contribution < 1.29 is 14.6 Å². The Morgan fingerprint density at radius 1 is 1.73 bits per heavy atom. The number of carboxylic acids is 1. The van der Waals surface area contributed by atoms with Gasteiger partial charge in [0.2, 0.25) is 5.88 Å². The highest BCUT2D eigenvalue weighted by Gasteiger charge is 2.11. The molecule has 0 aliphatic rings. The van der Waals surface area contributed by atoms with E-state index in [-0.39, 0.29) is 22.7 Å². The fourth-order valence-electron chi connectivity index (χ4n) is 0.902. The highest BCUT2D eigenvalue weighted by molar-refractivity contribution is 6.55. The van der Waals surface area contributed by atoms with Gasteiger partial charge in [0.1, 0.15) is 16.8 Å². The number of nitrogens with zero attached hydrogens (tertiary/aromatic N) is 2. The Bertz CT molecular complexity index is 397. The number of rotatable bonds is 4. The molecule has 0 spiro atoms. The number of hydrogen-bond acceptors (Lipinski definition) is 3. The second kappa shape index (κ2) is 5.04. The van der Waals surface area contributed by atoms with E-state index in [2.05, 4.69) is 5.10 Å². The summed E-state index contributed by atoms with van der Waals surface area (Å²) in [7, 11) is 1.51. The summed E-state index contributed by atoms with van der Waals surface area (Å²) >= 11 is 10.7. The molecule has 1 heterocycles. The molecular weight excluding hydrogens is 243 g/mol. The normalized spacial score (nSPS) is 9.80. The summed E-state index contributed by atoms with van der Waals surface area (Å²) in [5, 5.41) is 12.5. The molecule has 0 saturated carbocycles. The van der Waals surface area contributed by atoms with E-state index in [4.69, 9.17) is 33.0 Å². The maximum atomic E-state index is 10.6. The van der Waals surface area contributed by atoms with Gasteiger partial charge in [-0.1, -0.05) is 23.2 Å². The minimum atomic E-state index is -1.06. The van der Waals surface area contributed by atoms with Gasteiger partial charge >= 0.3 is 5.97 Å². The van der Waals surface area contributed by atoms with Gasteiger partial charge < -0.3 is 9.84 Å². The molecule has 0 aromatic carbocycles. The van der Waals surface area contributed by atoms with Crippen LogP contribution in [0.2, 0.25) is 0 Å². The topological polar surface area (TPSA) is 64.4 Å². The van der Waals surface area contributed by atoms with Crippen molar-refractivity contribution in [2.45, 2.75) is 0 Å². The predicted molar refractivity (Wildman–Crippen MR) is 55.5 cm³/mol. The molecule has 0 radical (unpaired) electrons. The molecule has 1 aromatic rings. The van der Waals surface area contributed by atoms with Crippen molar-refractivity contribution in [3.63, 3.8) is 0 Å². The SMILES string of the molecule is Cn1nc(OCC=C(Cl)Cl)cc1C(=O)O. The lowest BCUT2D eigenvalue weighted by Gasteiger charge is -1.95. The lowest BCUT2D eigenvalue weighted by Crippen LogP contribution is -2.04. The van der Waals surface area contributed by atoms with E-state index in [9.17, 15) is 4.79 Å². The summed E-state index contributed by atoms with van der Waals surface area (Å²) < 4.78 is 6.39. The Morgan fingerprint density at radius 3 is 2.87 bits per heavy atom. The van der Waals surface area contributed by atoms with Crippen LogP contribution in [0, 0.1) is 0 Å². The standard InChI is InChI=1S/C8H8Cl2N2O3/c1-12-5(8(13)14)4-7(11-12)15-3-2-6(9)10/h2,4H,3H2,1H3,(H,13,14). The van der Waals surface area contributed by atoms with E-state index in [1.54, 1.807) is 0 Å². The third kappa shape index (κ3) is 3.45. The number of aromatic carboxylic acids is 1. The molecule has 0 fully saturated rings. The van der Waals surface area contributed by atoms with Crippen LogP contribution in [0.1, 0.15) is 10.5 Å². The highest BCUT2D eigenvalue weighted by atomic mass is 35.5. The fraction of sp³-hybridized carbons (Fsp3) is 0.250. The zero-order valence-corrected chi connectivity index (χ0v) is 9.29. The predicted octanol–water partition coefficient (Wildman–Crippen LogP) is 1.82. The van der Waals surface area contributed by atoms with Gasteiger partial charge in [0.15, 0.2) is 0 Å². The first kappa shape index (κ1) is 11.9. The van der Waals surface area contributed by atoms with E-state index in [0.717, 1.165) is 0 Å². The monoisotopic (exact) mass is 250 g/mol. The first-order valence-electron chi connectivity index (χ1n) is 3.92. The molecule has 0 atom stereocenters. The van der Waals surface area contributed by atoms with Crippen molar-refractivity contribution >= 4 is 29.2 Å². The molecule has 0 bridgehead atoms. The maximum Gasteiger partial charge on any atom is 0.354 e. The van der Waals surface area contributed by atoms with Crippen molar-refractivity contribution in [1.29, 1.82) is 0 Å². The molecule has 0 amide bonds. The summed E-state index contributed by atoms with van der Waals surface area (Å²) in [6.45, 7) is 0.137. The van der Waals surface area contributed by atoms with Gasteiger partial charge in [0.05, 0.1) is 0 Å². The Balaban J connectivity index is 2.68. The van der Waals surface area contributed by atoms with Crippen LogP contribution in [0.15, 0.2) is 16.6 Å². The Labute approximate surface area is 95.8 Å². The minimum absolute atomic E-state index is 0.0472. The third-order valence-corrected chi connectivity index (χ3v) is 1.85. The van der Waals surface area contributed by atoms with Crippen LogP contribution >= 0.6 is 23.2 Å². The molecule has 15 heavy (non-hydrogen) atoms. The maximum absolute atomic E-state index is 10.6. The molecule has 0 aliphatic heterocycles. The van der Waals surface area contributed by atoms with Crippen LogP contribution in [-0.2, 0) is 7.05 Å². The quantitative estimate of drug-likeness (QED) is 0.886. The van der Waals surface area contributed by atoms with Gasteiger partial charge in [-0.3, -0.25) is 4.68 Å². The number of aromatic nitrogens is 2. The second-order valence-corrected chi connectivity index (χ2v) is 3.61. The summed E-state index contributed by atoms with van der Waals surface area (Å²) in [5.74, 6) is -0.855. The van der Waals surface area contributed by atoms with Gasteiger partial charge in [0.25, 0.3) is 0 Å². The van der Waals surface area contributed by atoms with Gasteiger partial charge in [-0.25, -0.2) is 4.79 Å². The van der Waals surface area contributed by atoms with E-state index in [0.29, 0.717) is 0 Å². The molecule has 1 N–H and O–H groups in total. The Morgan fingerprint density at radius 2 is 2.40 bits per heavy atom. The van der Waals surface area contributed by atoms with Gasteiger partial charge in [0, 0.05) is 13.1 Å². The molecule has 5 nitrogen and oxygen atoms in total. The zero-order valence-electron chi connectivity index (χ0n) is 7.78. The van der Waals surface area contributed by atoms with E-state index in [1.807, 2.05) is 0 Å². The molecule has 82 valence electrons. The van der Waals surface area contributed by atoms with Crippen LogP contribution < -0.4 is 4.74 Å². The number of carboxylic acid groups (broad SMARTS) is 1. The molecule has 0 aliphatic carbocycles. The first-order valence-corrected chi connectivity index (χ1v) is 4.67. The Kier molecular flexibility index (Phi) is 3.99. The van der Waals surface area contributed by atoms with E-state index < -0.39 is 5.97 Å². The number of halogens is 2. The van der Waals surface area contributed by atoms with E-state index >= 15 is 0 Å². The van der Waals surface area contributed by atoms with Crippen molar-refractivity contribution in [3.05, 3.63) is 22.3 Å². The first-order chi connectivity index (χ1) is 7.00. The summed E-state index contributed by atoms with van der Waals surface area (Å²) in [6, 6.07) is 1.32. The Hall–Kier alpha value is -1.20. The number of ether oxygens (including phenoxy) is 1. The summed E-state index contributed by atoms with van der Waals surface area (Å²) in [5.41, 5.74) is 0.0472. The third-order valence-electron chi connectivity index (χ3n) is 1.55. The summed E-state index contributed by atoms with van der Waals surface area (Å²) in [6.07, 6.45) is 1.43. The van der Waals surface area contributed by atoms with Gasteiger partial charge in [-0.2, -0.15) is 0 Å². The summed E-state index contributed by atoms with van der Waals surface area (Å²) in [4.78, 5) is 10.6. The van der Waals surface area contributed by atoms with Crippen LogP contribution in [0.5, 0.6) is 5.88 Å². The van der Waals surface area contributed by atoms with Crippen molar-refractivity contribution in [2.24, 2.45) is 7.05 Å². The molecule has 1 aromatic heterocycles. The number of hydrogen-bond donors (Lipinski definition) is 1. The van der Waals surface area contributed by atoms with E-state index in [1.165, 1.54) is 23.9 Å². The highest BCUT2D eigenvalue weighted by Crippen LogP contribution is 2.12. The molecule has 0 saturated heterocycles. The van der Waals surface area contributed by atoms with Crippen LogP contribution in [0.4, 0.5) is 0 Å².